The van der Waals surface area contributed by atoms with Crippen molar-refractivity contribution in [3.8, 4) is 0 Å². The molecule has 9 heteroatoms. The molecule has 0 radical (unpaired) electrons. The molecule has 1 fully saturated rings. The van der Waals surface area contributed by atoms with Crippen LogP contribution in [-0.2, 0) is 22.3 Å². The molecule has 4 rings (SSSR count). The third-order valence-corrected chi connectivity index (χ3v) is 7.73. The van der Waals surface area contributed by atoms with Crippen LogP contribution in [0.5, 0.6) is 0 Å². The maximum absolute atomic E-state index is 13.5. The highest BCUT2D eigenvalue weighted by Crippen LogP contribution is 2.37. The first kappa shape index (κ1) is 25.8. The molecule has 0 bridgehead atoms. The van der Waals surface area contributed by atoms with Gasteiger partial charge in [-0.05, 0) is 68.4 Å². The van der Waals surface area contributed by atoms with E-state index in [0.29, 0.717) is 30.6 Å². The van der Waals surface area contributed by atoms with E-state index in [4.69, 9.17) is 38.2 Å². The van der Waals surface area contributed by atoms with Crippen molar-refractivity contribution in [1.82, 2.24) is 4.90 Å². The van der Waals surface area contributed by atoms with Gasteiger partial charge >= 0.3 is 7.12 Å². The predicted octanol–water partition coefficient (Wildman–Crippen LogP) is 4.49. The molecule has 1 amide bonds. The van der Waals surface area contributed by atoms with Gasteiger partial charge in [0.1, 0.15) is 0 Å². The number of carbonyl (C=O) groups excluding carboxylic acids is 1. The highest BCUT2D eigenvalue weighted by molar-refractivity contribution is 6.62. The van der Waals surface area contributed by atoms with Gasteiger partial charge in [-0.15, -0.1) is 0 Å². The first-order valence-electron chi connectivity index (χ1n) is 11.6. The van der Waals surface area contributed by atoms with E-state index in [2.05, 4.69) is 4.99 Å². The highest BCUT2D eigenvalue weighted by atomic mass is 35.5. The molecule has 35 heavy (non-hydrogen) atoms. The van der Waals surface area contributed by atoms with E-state index in [-0.39, 0.29) is 21.5 Å². The Hall–Kier alpha value is -2.32. The molecular weight excluding hydrogens is 484 g/mol. The number of fused-ring (bicyclic) bond motifs is 1. The Labute approximate surface area is 217 Å². The lowest BCUT2D eigenvalue weighted by Gasteiger charge is -2.32. The third kappa shape index (κ3) is 4.75. The van der Waals surface area contributed by atoms with Gasteiger partial charge in [-0.25, -0.2) is 0 Å². The Balaban J connectivity index is 1.59. The average molecular weight is 514 g/mol. The zero-order chi connectivity index (χ0) is 25.5. The number of nitrogens with two attached hydrogens (primary N) is 1. The Morgan fingerprint density at radius 1 is 1.14 bits per heavy atom. The SMILES string of the molecule is CN=CC(=CN)c1cc(Cl)c(C(=O)N2CCc3c(cccc3B3OC(C)(C)C(C)(C)O3)C2)c(Cl)c1. The fourth-order valence-electron chi connectivity index (χ4n) is 4.46. The van der Waals surface area contributed by atoms with Crippen molar-refractivity contribution in [2.45, 2.75) is 51.9 Å². The van der Waals surface area contributed by atoms with Crippen LogP contribution in [0.3, 0.4) is 0 Å². The topological polar surface area (TPSA) is 77.2 Å². The van der Waals surface area contributed by atoms with E-state index in [1.807, 2.05) is 45.9 Å². The molecule has 0 saturated carbocycles. The number of amides is 1. The molecule has 0 aromatic heterocycles. The second-order valence-corrected chi connectivity index (χ2v) is 10.7. The van der Waals surface area contributed by atoms with E-state index in [1.54, 1.807) is 30.3 Å². The van der Waals surface area contributed by atoms with Crippen molar-refractivity contribution in [2.75, 3.05) is 13.6 Å². The number of hydrogen-bond donors (Lipinski definition) is 1. The van der Waals surface area contributed by atoms with Crippen molar-refractivity contribution in [3.63, 3.8) is 0 Å². The number of nitrogens with zero attached hydrogens (tertiary/aromatic N) is 2. The Morgan fingerprint density at radius 3 is 2.34 bits per heavy atom. The van der Waals surface area contributed by atoms with Crippen LogP contribution < -0.4 is 11.2 Å². The number of carbonyl (C=O) groups is 1. The number of hydrogen-bond acceptors (Lipinski definition) is 5. The second kappa shape index (κ2) is 9.62. The van der Waals surface area contributed by atoms with Crippen molar-refractivity contribution in [1.29, 1.82) is 0 Å². The van der Waals surface area contributed by atoms with Crippen molar-refractivity contribution < 1.29 is 14.1 Å². The molecule has 184 valence electrons. The van der Waals surface area contributed by atoms with Crippen LogP contribution >= 0.6 is 23.2 Å². The van der Waals surface area contributed by atoms with E-state index < -0.39 is 18.3 Å². The van der Waals surface area contributed by atoms with Crippen LogP contribution in [0.2, 0.25) is 10.0 Å². The molecule has 2 aromatic rings. The lowest BCUT2D eigenvalue weighted by molar-refractivity contribution is 0.00578. The minimum Gasteiger partial charge on any atom is -0.404 e. The maximum atomic E-state index is 13.5. The van der Waals surface area contributed by atoms with Gasteiger partial charge < -0.3 is 19.9 Å². The van der Waals surface area contributed by atoms with Crippen molar-refractivity contribution >= 4 is 53.5 Å². The van der Waals surface area contributed by atoms with Crippen LogP contribution in [0.25, 0.3) is 5.57 Å². The summed E-state index contributed by atoms with van der Waals surface area (Å²) in [7, 11) is 1.21. The molecule has 0 unspecified atom stereocenters. The summed E-state index contributed by atoms with van der Waals surface area (Å²) < 4.78 is 12.6. The summed E-state index contributed by atoms with van der Waals surface area (Å²) >= 11 is 13.1. The molecule has 2 heterocycles. The lowest BCUT2D eigenvalue weighted by atomic mass is 9.73. The second-order valence-electron chi connectivity index (χ2n) is 9.87. The number of rotatable bonds is 4. The summed E-state index contributed by atoms with van der Waals surface area (Å²) in [6.07, 6.45) is 3.72. The largest absolute Gasteiger partial charge is 0.495 e. The number of halogens is 2. The zero-order valence-electron chi connectivity index (χ0n) is 20.7. The summed E-state index contributed by atoms with van der Waals surface area (Å²) in [4.78, 5) is 19.2. The van der Waals surface area contributed by atoms with Crippen LogP contribution in [-0.4, -0.2) is 48.9 Å². The Morgan fingerprint density at radius 2 is 1.77 bits per heavy atom. The van der Waals surface area contributed by atoms with Gasteiger partial charge in [0.2, 0.25) is 0 Å². The fourth-order valence-corrected chi connectivity index (χ4v) is 5.11. The number of benzene rings is 2. The van der Waals surface area contributed by atoms with Crippen LogP contribution in [0, 0.1) is 0 Å². The smallest absolute Gasteiger partial charge is 0.404 e. The summed E-state index contributed by atoms with van der Waals surface area (Å²) in [5.41, 5.74) is 9.76. The van der Waals surface area contributed by atoms with Crippen LogP contribution in [0.1, 0.15) is 54.7 Å². The molecular formula is C26H30BCl2N3O3. The van der Waals surface area contributed by atoms with Crippen molar-refractivity contribution in [3.05, 3.63) is 68.8 Å². The van der Waals surface area contributed by atoms with E-state index in [0.717, 1.165) is 11.0 Å². The van der Waals surface area contributed by atoms with Gasteiger partial charge in [-0.2, -0.15) is 0 Å². The van der Waals surface area contributed by atoms with Gasteiger partial charge in [0.15, 0.2) is 0 Å². The Kier molecular flexibility index (Phi) is 7.08. The molecule has 0 spiro atoms. The molecule has 2 aliphatic heterocycles. The van der Waals surface area contributed by atoms with Gasteiger partial charge in [0.05, 0.1) is 26.8 Å². The summed E-state index contributed by atoms with van der Waals surface area (Å²) in [5.74, 6) is -0.208. The number of aliphatic imine (C=N–C) groups is 1. The van der Waals surface area contributed by atoms with E-state index in [1.165, 1.54) is 11.8 Å². The van der Waals surface area contributed by atoms with Crippen LogP contribution in [0.15, 0.2) is 41.5 Å². The van der Waals surface area contributed by atoms with Crippen molar-refractivity contribution in [2.24, 2.45) is 10.7 Å². The van der Waals surface area contributed by atoms with Crippen LogP contribution in [0.4, 0.5) is 0 Å². The normalized spacial score (nSPS) is 19.3. The van der Waals surface area contributed by atoms with E-state index in [9.17, 15) is 4.79 Å². The average Bonchev–Trinajstić information content (AvgIpc) is 3.02. The maximum Gasteiger partial charge on any atom is 0.495 e. The Bertz CT molecular complexity index is 1190. The lowest BCUT2D eigenvalue weighted by Crippen LogP contribution is -2.43. The van der Waals surface area contributed by atoms with Gasteiger partial charge in [-0.1, -0.05) is 41.4 Å². The highest BCUT2D eigenvalue weighted by Gasteiger charge is 2.52. The molecule has 0 aliphatic carbocycles. The monoisotopic (exact) mass is 513 g/mol. The molecule has 1 saturated heterocycles. The zero-order valence-corrected chi connectivity index (χ0v) is 22.2. The third-order valence-electron chi connectivity index (χ3n) is 7.13. The first-order chi connectivity index (χ1) is 16.5. The molecule has 0 atom stereocenters. The minimum absolute atomic E-state index is 0.208. The van der Waals surface area contributed by atoms with E-state index >= 15 is 0 Å². The molecule has 6 nitrogen and oxygen atoms in total. The summed E-state index contributed by atoms with van der Waals surface area (Å²) in [6.45, 7) is 9.16. The first-order valence-corrected chi connectivity index (χ1v) is 12.3. The molecule has 2 N–H and O–H groups in total. The minimum atomic E-state index is -0.440. The van der Waals surface area contributed by atoms with Gasteiger partial charge in [-0.3, -0.25) is 9.79 Å². The molecule has 2 aliphatic rings. The van der Waals surface area contributed by atoms with Gasteiger partial charge in [0.25, 0.3) is 5.91 Å². The quantitative estimate of drug-likeness (QED) is 0.482. The summed E-state index contributed by atoms with van der Waals surface area (Å²) in [6, 6.07) is 9.45. The standard InChI is InChI=1S/C26H30BCl2N3O3/c1-25(2)26(3,4)35-27(34-25)20-8-6-7-16-15-32(10-9-19(16)20)24(33)23-21(28)11-17(12-22(23)29)18(13-30)14-31-5/h6-8,11-14H,9-10,15,30H2,1-5H3. The number of allylic oxidation sites excluding steroid dienone is 1. The predicted molar refractivity (Wildman–Crippen MR) is 144 cm³/mol. The fraction of sp³-hybridized carbons (Fsp3) is 0.385. The van der Waals surface area contributed by atoms with Gasteiger partial charge in [0, 0.05) is 38.1 Å². The molecule has 2 aromatic carbocycles. The summed E-state index contributed by atoms with van der Waals surface area (Å²) in [5, 5.41) is 0.552.